The normalized spacial score (nSPS) is 19.5. The second kappa shape index (κ2) is 9.85. The Balaban J connectivity index is 1.36. The van der Waals surface area contributed by atoms with Crippen LogP contribution in [0.5, 0.6) is 0 Å². The summed E-state index contributed by atoms with van der Waals surface area (Å²) in [7, 11) is 2.16. The van der Waals surface area contributed by atoms with Crippen molar-refractivity contribution in [2.75, 3.05) is 77.5 Å². The van der Waals surface area contributed by atoms with Crippen molar-refractivity contribution in [2.45, 2.75) is 12.8 Å². The first kappa shape index (κ1) is 19.1. The van der Waals surface area contributed by atoms with Crippen LogP contribution < -0.4 is 10.2 Å². The number of amides is 1. The van der Waals surface area contributed by atoms with Crippen molar-refractivity contribution in [1.29, 1.82) is 0 Å². The highest BCUT2D eigenvalue weighted by Crippen LogP contribution is 2.15. The van der Waals surface area contributed by atoms with Gasteiger partial charge in [-0.1, -0.05) is 0 Å². The van der Waals surface area contributed by atoms with Gasteiger partial charge in [0.05, 0.1) is 13.2 Å². The molecule has 0 spiro atoms. The van der Waals surface area contributed by atoms with E-state index in [1.807, 2.05) is 12.3 Å². The molecule has 1 aromatic heterocycles. The van der Waals surface area contributed by atoms with Crippen LogP contribution in [0, 0.1) is 0 Å². The van der Waals surface area contributed by atoms with Gasteiger partial charge in [0.1, 0.15) is 5.82 Å². The molecular formula is C19H31N5O2. The van der Waals surface area contributed by atoms with Gasteiger partial charge >= 0.3 is 0 Å². The van der Waals surface area contributed by atoms with E-state index in [0.29, 0.717) is 6.42 Å². The Kier molecular flexibility index (Phi) is 7.22. The number of nitrogens with one attached hydrogen (secondary N) is 1. The summed E-state index contributed by atoms with van der Waals surface area (Å²) < 4.78 is 5.39. The molecule has 1 amide bonds. The Morgan fingerprint density at radius 2 is 1.96 bits per heavy atom. The Morgan fingerprint density at radius 1 is 1.19 bits per heavy atom. The molecule has 2 saturated heterocycles. The molecule has 2 aliphatic heterocycles. The van der Waals surface area contributed by atoms with Crippen molar-refractivity contribution < 1.29 is 9.53 Å². The molecule has 0 bridgehead atoms. The molecule has 0 saturated carbocycles. The van der Waals surface area contributed by atoms with Gasteiger partial charge in [-0.2, -0.15) is 0 Å². The molecule has 2 fully saturated rings. The number of aryl methyl sites for hydroxylation is 1. The zero-order chi connectivity index (χ0) is 18.2. The molecule has 26 heavy (non-hydrogen) atoms. The number of hydrogen-bond donors (Lipinski definition) is 1. The maximum atomic E-state index is 12.1. The minimum Gasteiger partial charge on any atom is -0.378 e. The van der Waals surface area contributed by atoms with Crippen LogP contribution in [0.25, 0.3) is 0 Å². The van der Waals surface area contributed by atoms with E-state index in [9.17, 15) is 4.79 Å². The molecule has 0 radical (unpaired) electrons. The summed E-state index contributed by atoms with van der Waals surface area (Å²) in [5.74, 6) is 1.12. The van der Waals surface area contributed by atoms with Gasteiger partial charge in [-0.05, 0) is 31.2 Å². The lowest BCUT2D eigenvalue weighted by molar-refractivity contribution is -0.121. The van der Waals surface area contributed by atoms with Crippen molar-refractivity contribution in [3.63, 3.8) is 0 Å². The Hall–Kier alpha value is -1.70. The van der Waals surface area contributed by atoms with Gasteiger partial charge < -0.3 is 19.9 Å². The number of ether oxygens (including phenoxy) is 1. The molecule has 1 aromatic rings. The van der Waals surface area contributed by atoms with E-state index in [1.54, 1.807) is 0 Å². The van der Waals surface area contributed by atoms with Crippen molar-refractivity contribution in [1.82, 2.24) is 20.1 Å². The smallest absolute Gasteiger partial charge is 0.220 e. The quantitative estimate of drug-likeness (QED) is 0.749. The summed E-state index contributed by atoms with van der Waals surface area (Å²) in [6.07, 6.45) is 3.11. The minimum atomic E-state index is 0.129. The highest BCUT2D eigenvalue weighted by molar-refractivity contribution is 5.76. The van der Waals surface area contributed by atoms with E-state index >= 15 is 0 Å². The summed E-state index contributed by atoms with van der Waals surface area (Å²) in [4.78, 5) is 23.6. The summed E-state index contributed by atoms with van der Waals surface area (Å²) in [6, 6.07) is 4.10. The standard InChI is InChI=1S/C19H31N5O2/c1-22-8-10-23(11-9-22)7-6-21-19(25)3-2-17-4-5-20-18(16-17)24-12-14-26-15-13-24/h4-5,16H,2-3,6-15H2,1H3,(H,21,25). The number of hydrogen-bond acceptors (Lipinski definition) is 6. The molecule has 1 N–H and O–H groups in total. The van der Waals surface area contributed by atoms with Gasteiger partial charge in [0.2, 0.25) is 5.91 Å². The monoisotopic (exact) mass is 361 g/mol. The topological polar surface area (TPSA) is 60.9 Å². The number of aromatic nitrogens is 1. The maximum absolute atomic E-state index is 12.1. The summed E-state index contributed by atoms with van der Waals surface area (Å²) in [5, 5.41) is 3.05. The van der Waals surface area contributed by atoms with Gasteiger partial charge in [0.25, 0.3) is 0 Å². The Morgan fingerprint density at radius 3 is 2.73 bits per heavy atom. The zero-order valence-electron chi connectivity index (χ0n) is 15.8. The molecule has 3 heterocycles. The molecule has 0 aliphatic carbocycles. The number of rotatable bonds is 7. The fourth-order valence-corrected chi connectivity index (χ4v) is 3.35. The molecular weight excluding hydrogens is 330 g/mol. The third kappa shape index (κ3) is 5.93. The fourth-order valence-electron chi connectivity index (χ4n) is 3.35. The van der Waals surface area contributed by atoms with Crippen LogP contribution in [0.1, 0.15) is 12.0 Å². The lowest BCUT2D eigenvalue weighted by Crippen LogP contribution is -2.46. The minimum absolute atomic E-state index is 0.129. The highest BCUT2D eigenvalue weighted by atomic mass is 16.5. The molecule has 0 atom stereocenters. The van der Waals surface area contributed by atoms with Crippen LogP contribution in [-0.4, -0.2) is 93.3 Å². The molecule has 2 aliphatic rings. The molecule has 0 aromatic carbocycles. The lowest BCUT2D eigenvalue weighted by Gasteiger charge is -2.32. The molecule has 3 rings (SSSR count). The van der Waals surface area contributed by atoms with Gasteiger partial charge in [-0.15, -0.1) is 0 Å². The van der Waals surface area contributed by atoms with Crippen molar-refractivity contribution in [3.8, 4) is 0 Å². The van der Waals surface area contributed by atoms with Crippen LogP contribution in [0.15, 0.2) is 18.3 Å². The number of anilines is 1. The first-order valence-corrected chi connectivity index (χ1v) is 9.66. The Bertz CT molecular complexity index is 569. The highest BCUT2D eigenvalue weighted by Gasteiger charge is 2.14. The number of carbonyl (C=O) groups is 1. The summed E-state index contributed by atoms with van der Waals surface area (Å²) in [5.41, 5.74) is 1.16. The van der Waals surface area contributed by atoms with E-state index in [4.69, 9.17) is 4.74 Å². The molecule has 7 nitrogen and oxygen atoms in total. The van der Waals surface area contributed by atoms with Crippen LogP contribution in [0.2, 0.25) is 0 Å². The van der Waals surface area contributed by atoms with Crippen molar-refractivity contribution in [2.24, 2.45) is 0 Å². The Labute approximate surface area is 156 Å². The number of nitrogens with zero attached hydrogens (tertiary/aromatic N) is 4. The van der Waals surface area contributed by atoms with E-state index in [2.05, 4.69) is 38.1 Å². The summed E-state index contributed by atoms with van der Waals surface area (Å²) >= 11 is 0. The third-order valence-electron chi connectivity index (χ3n) is 5.13. The predicted molar refractivity (Wildman–Crippen MR) is 103 cm³/mol. The average Bonchev–Trinajstić information content (AvgIpc) is 2.69. The predicted octanol–water partition coefficient (Wildman–Crippen LogP) is 0.214. The van der Waals surface area contributed by atoms with Gasteiger partial charge in [-0.25, -0.2) is 4.98 Å². The average molecular weight is 361 g/mol. The number of morpholine rings is 1. The second-order valence-corrected chi connectivity index (χ2v) is 7.12. The molecule has 144 valence electrons. The number of carbonyl (C=O) groups excluding carboxylic acids is 1. The van der Waals surface area contributed by atoms with E-state index in [0.717, 1.165) is 83.4 Å². The third-order valence-corrected chi connectivity index (χ3v) is 5.13. The van der Waals surface area contributed by atoms with Crippen LogP contribution in [0.3, 0.4) is 0 Å². The number of pyridine rings is 1. The number of piperazine rings is 1. The van der Waals surface area contributed by atoms with Crippen molar-refractivity contribution in [3.05, 3.63) is 23.9 Å². The van der Waals surface area contributed by atoms with Crippen LogP contribution >= 0.6 is 0 Å². The van der Waals surface area contributed by atoms with Gasteiger partial charge in [0.15, 0.2) is 0 Å². The number of likely N-dealkylation sites (N-methyl/N-ethyl adjacent to an activating group) is 1. The first-order chi connectivity index (χ1) is 12.7. The largest absolute Gasteiger partial charge is 0.378 e. The lowest BCUT2D eigenvalue weighted by atomic mass is 10.1. The van der Waals surface area contributed by atoms with Crippen LogP contribution in [-0.2, 0) is 16.0 Å². The summed E-state index contributed by atoms with van der Waals surface area (Å²) in [6.45, 7) is 9.34. The van der Waals surface area contributed by atoms with Crippen molar-refractivity contribution >= 4 is 11.7 Å². The van der Waals surface area contributed by atoms with E-state index in [-0.39, 0.29) is 5.91 Å². The zero-order valence-corrected chi connectivity index (χ0v) is 15.8. The van der Waals surface area contributed by atoms with Gasteiger partial charge in [-0.3, -0.25) is 9.69 Å². The second-order valence-electron chi connectivity index (χ2n) is 7.12. The molecule has 7 heteroatoms. The fraction of sp³-hybridized carbons (Fsp3) is 0.684. The van der Waals surface area contributed by atoms with E-state index in [1.165, 1.54) is 0 Å². The van der Waals surface area contributed by atoms with Crippen LogP contribution in [0.4, 0.5) is 5.82 Å². The van der Waals surface area contributed by atoms with E-state index < -0.39 is 0 Å². The SMILES string of the molecule is CN1CCN(CCNC(=O)CCc2ccnc(N3CCOCC3)c2)CC1. The maximum Gasteiger partial charge on any atom is 0.220 e. The van der Waals surface area contributed by atoms with Gasteiger partial charge in [0, 0.05) is 65.0 Å². The molecule has 0 unspecified atom stereocenters. The first-order valence-electron chi connectivity index (χ1n) is 9.66.